The molecule has 0 unspecified atom stereocenters. The minimum Gasteiger partial charge on any atom is -0.329 e. The number of hydrogen-bond acceptors (Lipinski definition) is 3. The minimum atomic E-state index is -3.51. The van der Waals surface area contributed by atoms with Crippen molar-refractivity contribution in [1.29, 1.82) is 0 Å². The zero-order valence-corrected chi connectivity index (χ0v) is 8.06. The molecule has 0 aliphatic rings. The van der Waals surface area contributed by atoms with E-state index in [-0.39, 0.29) is 13.1 Å². The van der Waals surface area contributed by atoms with Gasteiger partial charge in [-0.3, -0.25) is 0 Å². The van der Waals surface area contributed by atoms with Crippen LogP contribution >= 0.6 is 0 Å². The van der Waals surface area contributed by atoms with Crippen LogP contribution in [0.2, 0.25) is 0 Å². The molecule has 0 atom stereocenters. The van der Waals surface area contributed by atoms with Gasteiger partial charge in [0.05, 0.1) is 0 Å². The van der Waals surface area contributed by atoms with E-state index in [0.717, 1.165) is 4.31 Å². The largest absolute Gasteiger partial charge is 0.329 e. The Balaban J connectivity index is 0. The lowest BCUT2D eigenvalue weighted by atomic mass is 10.7. The summed E-state index contributed by atoms with van der Waals surface area (Å²) in [6.45, 7) is 4.55. The average Bonchev–Trinajstić information content (AvgIpc) is 1.91. The maximum atomic E-state index is 10.4. The molecule has 5 nitrogen and oxygen atoms in total. The molecular weight excluding hydrogens is 166 g/mol. The van der Waals surface area contributed by atoms with Gasteiger partial charge in [0.25, 0.3) is 10.2 Å². The summed E-state index contributed by atoms with van der Waals surface area (Å²) < 4.78 is 21.7. The number of likely N-dealkylation sites (N-methyl/N-ethyl adjacent to an activating group) is 1. The molecule has 0 bridgehead atoms. The van der Waals surface area contributed by atoms with E-state index in [4.69, 9.17) is 10.9 Å². The van der Waals surface area contributed by atoms with E-state index in [1.807, 2.05) is 13.8 Å². The van der Waals surface area contributed by atoms with Crippen molar-refractivity contribution in [3.8, 4) is 0 Å². The van der Waals surface area contributed by atoms with Crippen molar-refractivity contribution in [2.24, 2.45) is 10.9 Å². The van der Waals surface area contributed by atoms with Gasteiger partial charge in [0, 0.05) is 20.1 Å². The van der Waals surface area contributed by atoms with Crippen LogP contribution in [0.25, 0.3) is 0 Å². The standard InChI is InChI=1S/C3H11N3O2S.C2H6/c1-6(3-2-4)9(5,7)8;1-2/h2-4H2,1H3,(H2,5,7,8);1-2H3. The van der Waals surface area contributed by atoms with Crippen LogP contribution < -0.4 is 10.9 Å². The van der Waals surface area contributed by atoms with Crippen molar-refractivity contribution < 1.29 is 8.42 Å². The molecule has 70 valence electrons. The van der Waals surface area contributed by atoms with Gasteiger partial charge in [-0.1, -0.05) is 13.8 Å². The zero-order chi connectivity index (χ0) is 9.49. The van der Waals surface area contributed by atoms with Gasteiger partial charge >= 0.3 is 0 Å². The van der Waals surface area contributed by atoms with Crippen molar-refractivity contribution in [3.63, 3.8) is 0 Å². The molecule has 11 heavy (non-hydrogen) atoms. The van der Waals surface area contributed by atoms with E-state index in [0.29, 0.717) is 0 Å². The third kappa shape index (κ3) is 7.73. The Hall–Kier alpha value is -0.170. The van der Waals surface area contributed by atoms with Crippen LogP contribution in [0.5, 0.6) is 0 Å². The van der Waals surface area contributed by atoms with Crippen LogP contribution in [0, 0.1) is 0 Å². The summed E-state index contributed by atoms with van der Waals surface area (Å²) >= 11 is 0. The SMILES string of the molecule is CC.CN(CCN)S(N)(=O)=O. The molecule has 0 radical (unpaired) electrons. The summed E-state index contributed by atoms with van der Waals surface area (Å²) in [6.07, 6.45) is 0. The first-order valence-corrected chi connectivity index (χ1v) is 4.93. The van der Waals surface area contributed by atoms with E-state index in [2.05, 4.69) is 0 Å². The third-order valence-electron chi connectivity index (χ3n) is 0.878. The lowest BCUT2D eigenvalue weighted by molar-refractivity contribution is 0.478. The fraction of sp³-hybridized carbons (Fsp3) is 1.00. The van der Waals surface area contributed by atoms with E-state index in [1.54, 1.807) is 0 Å². The van der Waals surface area contributed by atoms with Crippen molar-refractivity contribution in [2.75, 3.05) is 20.1 Å². The van der Waals surface area contributed by atoms with Gasteiger partial charge in [0.1, 0.15) is 0 Å². The molecule has 0 saturated heterocycles. The van der Waals surface area contributed by atoms with Gasteiger partial charge in [0.2, 0.25) is 0 Å². The van der Waals surface area contributed by atoms with Gasteiger partial charge in [-0.05, 0) is 0 Å². The number of hydrogen-bond donors (Lipinski definition) is 2. The average molecular weight is 183 g/mol. The molecule has 4 N–H and O–H groups in total. The Kier molecular flexibility index (Phi) is 7.97. The summed E-state index contributed by atoms with van der Waals surface area (Å²) in [5.74, 6) is 0. The van der Waals surface area contributed by atoms with Crippen LogP contribution in [-0.4, -0.2) is 32.9 Å². The van der Waals surface area contributed by atoms with Crippen LogP contribution in [-0.2, 0) is 10.2 Å². The molecular formula is C5H17N3O2S. The van der Waals surface area contributed by atoms with Gasteiger partial charge in [-0.25, -0.2) is 5.14 Å². The summed E-state index contributed by atoms with van der Waals surface area (Å²) in [4.78, 5) is 0. The van der Waals surface area contributed by atoms with E-state index in [9.17, 15) is 8.42 Å². The van der Waals surface area contributed by atoms with Crippen LogP contribution in [0.15, 0.2) is 0 Å². The highest BCUT2D eigenvalue weighted by molar-refractivity contribution is 7.86. The molecule has 0 fully saturated rings. The smallest absolute Gasteiger partial charge is 0.276 e. The topological polar surface area (TPSA) is 89.4 Å². The summed E-state index contributed by atoms with van der Waals surface area (Å²) in [7, 11) is -2.13. The Bertz CT molecular complexity index is 167. The Morgan fingerprint density at radius 2 is 1.73 bits per heavy atom. The third-order valence-corrected chi connectivity index (χ3v) is 1.93. The van der Waals surface area contributed by atoms with Gasteiger partial charge < -0.3 is 5.73 Å². The highest BCUT2D eigenvalue weighted by atomic mass is 32.2. The van der Waals surface area contributed by atoms with Gasteiger partial charge in [-0.15, -0.1) is 0 Å². The molecule has 0 heterocycles. The normalized spacial score (nSPS) is 10.7. The Morgan fingerprint density at radius 3 is 1.82 bits per heavy atom. The molecule has 0 aromatic heterocycles. The molecule has 0 aromatic carbocycles. The zero-order valence-electron chi connectivity index (χ0n) is 7.24. The van der Waals surface area contributed by atoms with Crippen LogP contribution in [0.3, 0.4) is 0 Å². The maximum Gasteiger partial charge on any atom is 0.276 e. The van der Waals surface area contributed by atoms with E-state index >= 15 is 0 Å². The van der Waals surface area contributed by atoms with Crippen molar-refractivity contribution in [2.45, 2.75) is 13.8 Å². The second-order valence-corrected chi connectivity index (χ2v) is 3.31. The highest BCUT2D eigenvalue weighted by Crippen LogP contribution is 1.84. The predicted molar refractivity (Wildman–Crippen MR) is 46.1 cm³/mol. The second-order valence-electron chi connectivity index (χ2n) is 1.66. The summed E-state index contributed by atoms with van der Waals surface area (Å²) in [5.41, 5.74) is 5.06. The highest BCUT2D eigenvalue weighted by Gasteiger charge is 2.08. The maximum absolute atomic E-state index is 10.4. The molecule has 0 amide bonds. The second kappa shape index (κ2) is 6.53. The molecule has 0 aliphatic heterocycles. The molecule has 6 heteroatoms. The monoisotopic (exact) mass is 183 g/mol. The first-order chi connectivity index (χ1) is 4.98. The molecule has 0 aromatic rings. The van der Waals surface area contributed by atoms with Gasteiger partial charge in [0.15, 0.2) is 0 Å². The van der Waals surface area contributed by atoms with Crippen molar-refractivity contribution in [3.05, 3.63) is 0 Å². The van der Waals surface area contributed by atoms with Crippen LogP contribution in [0.1, 0.15) is 13.8 Å². The fourth-order valence-corrected chi connectivity index (χ4v) is 0.669. The van der Waals surface area contributed by atoms with Crippen LogP contribution in [0.4, 0.5) is 0 Å². The molecule has 0 aliphatic carbocycles. The predicted octanol–water partition coefficient (Wildman–Crippen LogP) is -0.893. The summed E-state index contributed by atoms with van der Waals surface area (Å²) in [6, 6.07) is 0. The Morgan fingerprint density at radius 1 is 1.36 bits per heavy atom. The Labute approximate surface area is 68.5 Å². The first-order valence-electron chi connectivity index (χ1n) is 3.42. The lowest BCUT2D eigenvalue weighted by Gasteiger charge is -2.10. The van der Waals surface area contributed by atoms with Crippen molar-refractivity contribution in [1.82, 2.24) is 4.31 Å². The first kappa shape index (κ1) is 13.4. The molecule has 0 rings (SSSR count). The number of rotatable bonds is 3. The quantitative estimate of drug-likeness (QED) is 0.594. The van der Waals surface area contributed by atoms with E-state index < -0.39 is 10.2 Å². The number of nitrogens with two attached hydrogens (primary N) is 2. The van der Waals surface area contributed by atoms with E-state index in [1.165, 1.54) is 7.05 Å². The van der Waals surface area contributed by atoms with Crippen molar-refractivity contribution >= 4 is 10.2 Å². The number of nitrogens with zero attached hydrogens (tertiary/aromatic N) is 1. The summed E-state index contributed by atoms with van der Waals surface area (Å²) in [5, 5.41) is 4.71. The lowest BCUT2D eigenvalue weighted by Crippen LogP contribution is -2.36. The fourth-order valence-electron chi connectivity index (χ4n) is 0.309. The van der Waals surface area contributed by atoms with Gasteiger partial charge in [-0.2, -0.15) is 12.7 Å². The molecule has 0 spiro atoms. The molecule has 0 saturated carbocycles. The minimum absolute atomic E-state index is 0.263.